The average molecular weight is 392 g/mol. The quantitative estimate of drug-likeness (QED) is 0.673. The Morgan fingerprint density at radius 3 is 2.68 bits per heavy atom. The highest BCUT2D eigenvalue weighted by molar-refractivity contribution is 7.10. The van der Waals surface area contributed by atoms with Crippen LogP contribution in [0.1, 0.15) is 4.88 Å². The molecular formula is C20H20N6OS. The topological polar surface area (TPSA) is 74.2 Å². The van der Waals surface area contributed by atoms with Crippen LogP contribution in [0.4, 0.5) is 17.5 Å². The number of amides is 1. The molecule has 0 unspecified atom stereocenters. The van der Waals surface area contributed by atoms with Crippen molar-refractivity contribution < 1.29 is 4.79 Å². The lowest BCUT2D eigenvalue weighted by atomic mass is 10.3. The second kappa shape index (κ2) is 8.62. The first-order valence-corrected chi connectivity index (χ1v) is 9.91. The third-order valence-corrected chi connectivity index (χ3v) is 5.26. The summed E-state index contributed by atoms with van der Waals surface area (Å²) in [5.74, 6) is 2.32. The minimum absolute atomic E-state index is 0.0493. The van der Waals surface area contributed by atoms with Crippen LogP contribution >= 0.6 is 11.3 Å². The summed E-state index contributed by atoms with van der Waals surface area (Å²) >= 11 is 1.62. The predicted octanol–water partition coefficient (Wildman–Crippen LogP) is 3.04. The molecule has 0 bridgehead atoms. The second-order valence-corrected chi connectivity index (χ2v) is 7.24. The van der Waals surface area contributed by atoms with Crippen LogP contribution in [0.15, 0.2) is 60.4 Å². The number of thiophene rings is 1. The summed E-state index contributed by atoms with van der Waals surface area (Å²) in [5.41, 5.74) is 0. The normalized spacial score (nSPS) is 14.4. The van der Waals surface area contributed by atoms with Gasteiger partial charge in [-0.2, -0.15) is 0 Å². The zero-order valence-electron chi connectivity index (χ0n) is 15.2. The highest BCUT2D eigenvalue weighted by Gasteiger charge is 2.21. The highest BCUT2D eigenvalue weighted by Crippen LogP contribution is 2.19. The van der Waals surface area contributed by atoms with Crippen molar-refractivity contribution in [1.29, 1.82) is 0 Å². The Kier molecular flexibility index (Phi) is 5.58. The fraction of sp³-hybridized carbons (Fsp3) is 0.200. The molecule has 1 N–H and O–H groups in total. The molecule has 0 aliphatic carbocycles. The molecule has 0 aromatic carbocycles. The van der Waals surface area contributed by atoms with Gasteiger partial charge in [-0.1, -0.05) is 12.1 Å². The van der Waals surface area contributed by atoms with E-state index in [9.17, 15) is 4.79 Å². The van der Waals surface area contributed by atoms with Gasteiger partial charge in [-0.25, -0.2) is 15.0 Å². The average Bonchev–Trinajstić information content (AvgIpc) is 3.27. The third-order valence-electron chi connectivity index (χ3n) is 4.42. The fourth-order valence-corrected chi connectivity index (χ4v) is 3.58. The fourth-order valence-electron chi connectivity index (χ4n) is 2.96. The highest BCUT2D eigenvalue weighted by atomic mass is 32.1. The molecule has 4 rings (SSSR count). The van der Waals surface area contributed by atoms with Crippen molar-refractivity contribution in [3.8, 4) is 0 Å². The molecule has 1 saturated heterocycles. The SMILES string of the molecule is O=C(/C=C/c1cccs1)N1CCN(c2cc(Nc3ccccn3)ncn2)CC1. The molecule has 4 heterocycles. The molecule has 1 fully saturated rings. The van der Waals surface area contributed by atoms with Gasteiger partial charge < -0.3 is 15.1 Å². The van der Waals surface area contributed by atoms with Crippen molar-refractivity contribution in [3.63, 3.8) is 0 Å². The predicted molar refractivity (Wildman–Crippen MR) is 112 cm³/mol. The van der Waals surface area contributed by atoms with Crippen molar-refractivity contribution in [2.24, 2.45) is 0 Å². The molecule has 8 heteroatoms. The summed E-state index contributed by atoms with van der Waals surface area (Å²) in [5, 5.41) is 5.18. The monoisotopic (exact) mass is 392 g/mol. The number of piperazine rings is 1. The molecular weight excluding hydrogens is 372 g/mol. The van der Waals surface area contributed by atoms with E-state index < -0.39 is 0 Å². The Labute approximate surface area is 167 Å². The molecule has 0 atom stereocenters. The van der Waals surface area contributed by atoms with E-state index in [0.717, 1.165) is 29.6 Å². The Morgan fingerprint density at radius 2 is 1.93 bits per heavy atom. The van der Waals surface area contributed by atoms with Crippen LogP contribution in [0, 0.1) is 0 Å². The van der Waals surface area contributed by atoms with E-state index in [4.69, 9.17) is 0 Å². The molecule has 0 spiro atoms. The number of hydrogen-bond acceptors (Lipinski definition) is 7. The number of carbonyl (C=O) groups excluding carboxylic acids is 1. The molecule has 1 aliphatic rings. The van der Waals surface area contributed by atoms with Crippen LogP contribution in [0.5, 0.6) is 0 Å². The molecule has 142 valence electrons. The first-order chi connectivity index (χ1) is 13.8. The number of hydrogen-bond donors (Lipinski definition) is 1. The maximum Gasteiger partial charge on any atom is 0.246 e. The first kappa shape index (κ1) is 18.1. The number of aromatic nitrogens is 3. The lowest BCUT2D eigenvalue weighted by Gasteiger charge is -2.35. The van der Waals surface area contributed by atoms with Crippen LogP contribution in [0.2, 0.25) is 0 Å². The number of pyridine rings is 1. The summed E-state index contributed by atoms with van der Waals surface area (Å²) in [6, 6.07) is 11.6. The van der Waals surface area contributed by atoms with Gasteiger partial charge >= 0.3 is 0 Å². The summed E-state index contributed by atoms with van der Waals surface area (Å²) in [6.45, 7) is 2.80. The van der Waals surface area contributed by atoms with Crippen LogP contribution < -0.4 is 10.2 Å². The molecule has 0 radical (unpaired) electrons. The van der Waals surface area contributed by atoms with Crippen molar-refractivity contribution in [3.05, 3.63) is 65.3 Å². The van der Waals surface area contributed by atoms with Gasteiger partial charge in [0.1, 0.15) is 23.8 Å². The zero-order chi connectivity index (χ0) is 19.2. The van der Waals surface area contributed by atoms with Gasteiger partial charge in [0.2, 0.25) is 5.91 Å². The standard InChI is InChI=1S/C20H20N6OS/c27-20(7-6-16-4-3-13-28-16)26-11-9-25(10-12-26)19-14-18(22-15-23-19)24-17-5-1-2-8-21-17/h1-8,13-15H,9-12H2,(H,21,22,23,24)/b7-6+. The van der Waals surface area contributed by atoms with E-state index in [1.807, 2.05) is 52.8 Å². The lowest BCUT2D eigenvalue weighted by Crippen LogP contribution is -2.48. The Bertz CT molecular complexity index is 936. The van der Waals surface area contributed by atoms with Crippen molar-refractivity contribution in [2.45, 2.75) is 0 Å². The van der Waals surface area contributed by atoms with Gasteiger partial charge in [0, 0.05) is 49.4 Å². The van der Waals surface area contributed by atoms with Gasteiger partial charge in [0.15, 0.2) is 0 Å². The lowest BCUT2D eigenvalue weighted by molar-refractivity contribution is -0.126. The molecule has 1 aliphatic heterocycles. The molecule has 28 heavy (non-hydrogen) atoms. The van der Waals surface area contributed by atoms with Gasteiger partial charge in [0.05, 0.1) is 0 Å². The largest absolute Gasteiger partial charge is 0.353 e. The second-order valence-electron chi connectivity index (χ2n) is 6.26. The zero-order valence-corrected chi connectivity index (χ0v) is 16.0. The number of carbonyl (C=O) groups is 1. The number of nitrogens with one attached hydrogen (secondary N) is 1. The van der Waals surface area contributed by atoms with Gasteiger partial charge in [-0.15, -0.1) is 11.3 Å². The van der Waals surface area contributed by atoms with Crippen LogP contribution in [-0.2, 0) is 4.79 Å². The Hall–Kier alpha value is -3.26. The first-order valence-electron chi connectivity index (χ1n) is 9.03. The minimum Gasteiger partial charge on any atom is -0.353 e. The van der Waals surface area contributed by atoms with E-state index >= 15 is 0 Å². The van der Waals surface area contributed by atoms with Crippen molar-refractivity contribution in [1.82, 2.24) is 19.9 Å². The van der Waals surface area contributed by atoms with E-state index in [0.29, 0.717) is 18.9 Å². The molecule has 3 aromatic heterocycles. The Morgan fingerprint density at radius 1 is 1.04 bits per heavy atom. The summed E-state index contributed by atoms with van der Waals surface area (Å²) in [7, 11) is 0. The summed E-state index contributed by atoms with van der Waals surface area (Å²) < 4.78 is 0. The number of anilines is 3. The van der Waals surface area contributed by atoms with Gasteiger partial charge in [-0.05, 0) is 29.7 Å². The third kappa shape index (κ3) is 4.52. The smallest absolute Gasteiger partial charge is 0.246 e. The maximum atomic E-state index is 12.4. The summed E-state index contributed by atoms with van der Waals surface area (Å²) in [6.07, 6.45) is 6.80. The molecule has 7 nitrogen and oxygen atoms in total. The van der Waals surface area contributed by atoms with E-state index in [1.54, 1.807) is 29.9 Å². The van der Waals surface area contributed by atoms with E-state index in [2.05, 4.69) is 25.2 Å². The van der Waals surface area contributed by atoms with Crippen LogP contribution in [0.3, 0.4) is 0 Å². The maximum absolute atomic E-state index is 12.4. The van der Waals surface area contributed by atoms with Gasteiger partial charge in [0.25, 0.3) is 0 Å². The number of nitrogens with zero attached hydrogens (tertiary/aromatic N) is 5. The molecule has 3 aromatic rings. The Balaban J connectivity index is 1.34. The van der Waals surface area contributed by atoms with Crippen LogP contribution in [0.25, 0.3) is 6.08 Å². The number of rotatable bonds is 5. The van der Waals surface area contributed by atoms with E-state index in [-0.39, 0.29) is 5.91 Å². The van der Waals surface area contributed by atoms with Crippen LogP contribution in [-0.4, -0.2) is 51.9 Å². The van der Waals surface area contributed by atoms with E-state index in [1.165, 1.54) is 0 Å². The van der Waals surface area contributed by atoms with Crippen molar-refractivity contribution in [2.75, 3.05) is 36.4 Å². The molecule has 1 amide bonds. The summed E-state index contributed by atoms with van der Waals surface area (Å²) in [4.78, 5) is 30.4. The minimum atomic E-state index is 0.0493. The van der Waals surface area contributed by atoms with Gasteiger partial charge in [-0.3, -0.25) is 4.79 Å². The molecule has 0 saturated carbocycles. The van der Waals surface area contributed by atoms with Crippen molar-refractivity contribution >= 4 is 40.8 Å².